The molecule has 0 saturated heterocycles. The van der Waals surface area contributed by atoms with Gasteiger partial charge in [0.05, 0.1) is 0 Å². The standard InChI is InChI=1S/C13H23N3/c1-5-12(3)16(4)10-9-15-13-11(2)7-6-8-14-13/h6-8,12H,5,9-10H2,1-4H3,(H,14,15). The molecular weight excluding hydrogens is 198 g/mol. The van der Waals surface area contributed by atoms with Gasteiger partial charge >= 0.3 is 0 Å². The fourth-order valence-corrected chi connectivity index (χ4v) is 1.55. The third-order valence-corrected chi connectivity index (χ3v) is 3.11. The summed E-state index contributed by atoms with van der Waals surface area (Å²) in [7, 11) is 2.17. The Morgan fingerprint density at radius 1 is 1.50 bits per heavy atom. The summed E-state index contributed by atoms with van der Waals surface area (Å²) in [5, 5.41) is 3.37. The summed E-state index contributed by atoms with van der Waals surface area (Å²) in [5.41, 5.74) is 1.20. The molecule has 0 amide bonds. The first-order chi connectivity index (χ1) is 7.65. The van der Waals surface area contributed by atoms with E-state index >= 15 is 0 Å². The molecule has 90 valence electrons. The molecule has 1 unspecified atom stereocenters. The number of nitrogens with zero attached hydrogens (tertiary/aromatic N) is 2. The fraction of sp³-hybridized carbons (Fsp3) is 0.615. The Balaban J connectivity index is 2.33. The van der Waals surface area contributed by atoms with E-state index in [0.717, 1.165) is 18.9 Å². The Morgan fingerprint density at radius 3 is 2.88 bits per heavy atom. The van der Waals surface area contributed by atoms with Gasteiger partial charge in [0.25, 0.3) is 0 Å². The fourth-order valence-electron chi connectivity index (χ4n) is 1.55. The van der Waals surface area contributed by atoms with Gasteiger partial charge in [-0.1, -0.05) is 13.0 Å². The van der Waals surface area contributed by atoms with Crippen LogP contribution in [-0.4, -0.2) is 36.1 Å². The first-order valence-corrected chi connectivity index (χ1v) is 6.01. The van der Waals surface area contributed by atoms with Crippen molar-refractivity contribution < 1.29 is 0 Å². The van der Waals surface area contributed by atoms with Crippen molar-refractivity contribution in [3.63, 3.8) is 0 Å². The maximum atomic E-state index is 4.31. The minimum atomic E-state index is 0.645. The highest BCUT2D eigenvalue weighted by Crippen LogP contribution is 2.08. The van der Waals surface area contributed by atoms with Crippen LogP contribution < -0.4 is 5.32 Å². The van der Waals surface area contributed by atoms with Gasteiger partial charge in [-0.3, -0.25) is 0 Å². The van der Waals surface area contributed by atoms with Gasteiger partial charge in [0, 0.05) is 25.3 Å². The van der Waals surface area contributed by atoms with Crippen LogP contribution in [0.25, 0.3) is 0 Å². The Kier molecular flexibility index (Phi) is 5.26. The van der Waals surface area contributed by atoms with Gasteiger partial charge in [-0.2, -0.15) is 0 Å². The van der Waals surface area contributed by atoms with Crippen molar-refractivity contribution in [1.29, 1.82) is 0 Å². The number of rotatable bonds is 6. The molecule has 1 atom stereocenters. The van der Waals surface area contributed by atoms with Crippen molar-refractivity contribution in [2.45, 2.75) is 33.2 Å². The van der Waals surface area contributed by atoms with Crippen molar-refractivity contribution in [2.24, 2.45) is 0 Å². The van der Waals surface area contributed by atoms with Crippen LogP contribution in [0.2, 0.25) is 0 Å². The lowest BCUT2D eigenvalue weighted by atomic mass is 10.2. The quantitative estimate of drug-likeness (QED) is 0.800. The molecule has 0 fully saturated rings. The van der Waals surface area contributed by atoms with Crippen LogP contribution in [0.4, 0.5) is 5.82 Å². The van der Waals surface area contributed by atoms with E-state index in [-0.39, 0.29) is 0 Å². The summed E-state index contributed by atoms with van der Waals surface area (Å²) in [6, 6.07) is 4.69. The van der Waals surface area contributed by atoms with Gasteiger partial charge in [0.15, 0.2) is 0 Å². The summed E-state index contributed by atoms with van der Waals surface area (Å²) in [5.74, 6) is 1.00. The number of likely N-dealkylation sites (N-methyl/N-ethyl adjacent to an activating group) is 1. The van der Waals surface area contributed by atoms with E-state index in [1.54, 1.807) is 0 Å². The van der Waals surface area contributed by atoms with Gasteiger partial charge in [0.1, 0.15) is 5.82 Å². The van der Waals surface area contributed by atoms with Gasteiger partial charge in [0.2, 0.25) is 0 Å². The van der Waals surface area contributed by atoms with Crippen LogP contribution in [0.3, 0.4) is 0 Å². The SMILES string of the molecule is CCC(C)N(C)CCNc1ncccc1C. The normalized spacial score (nSPS) is 12.8. The molecule has 0 spiro atoms. The number of aromatic nitrogens is 1. The highest BCUT2D eigenvalue weighted by atomic mass is 15.1. The van der Waals surface area contributed by atoms with Crippen LogP contribution in [0.1, 0.15) is 25.8 Å². The lowest BCUT2D eigenvalue weighted by Crippen LogP contribution is -2.32. The Bertz CT molecular complexity index is 312. The summed E-state index contributed by atoms with van der Waals surface area (Å²) in [6.07, 6.45) is 3.02. The lowest BCUT2D eigenvalue weighted by molar-refractivity contribution is 0.261. The predicted octanol–water partition coefficient (Wildman–Crippen LogP) is 2.53. The molecule has 1 heterocycles. The van der Waals surface area contributed by atoms with Crippen molar-refractivity contribution in [1.82, 2.24) is 9.88 Å². The van der Waals surface area contributed by atoms with Crippen molar-refractivity contribution in [3.05, 3.63) is 23.9 Å². The molecule has 1 aromatic rings. The molecule has 0 aromatic carbocycles. The predicted molar refractivity (Wildman–Crippen MR) is 69.8 cm³/mol. The number of hydrogen-bond acceptors (Lipinski definition) is 3. The highest BCUT2D eigenvalue weighted by molar-refractivity contribution is 5.42. The Labute approximate surface area is 98.9 Å². The van der Waals surface area contributed by atoms with Gasteiger partial charge in [-0.05, 0) is 38.9 Å². The summed E-state index contributed by atoms with van der Waals surface area (Å²) >= 11 is 0. The summed E-state index contributed by atoms with van der Waals surface area (Å²) in [4.78, 5) is 6.68. The second-order valence-corrected chi connectivity index (χ2v) is 4.33. The summed E-state index contributed by atoms with van der Waals surface area (Å²) in [6.45, 7) is 8.54. The average Bonchev–Trinajstić information content (AvgIpc) is 2.30. The number of pyridine rings is 1. The largest absolute Gasteiger partial charge is 0.369 e. The van der Waals surface area contributed by atoms with Crippen LogP contribution in [0.5, 0.6) is 0 Å². The summed E-state index contributed by atoms with van der Waals surface area (Å²) < 4.78 is 0. The zero-order valence-electron chi connectivity index (χ0n) is 10.8. The molecule has 0 radical (unpaired) electrons. The lowest BCUT2D eigenvalue weighted by Gasteiger charge is -2.23. The smallest absolute Gasteiger partial charge is 0.128 e. The van der Waals surface area contributed by atoms with Crippen LogP contribution in [0, 0.1) is 6.92 Å². The third-order valence-electron chi connectivity index (χ3n) is 3.11. The van der Waals surface area contributed by atoms with E-state index < -0.39 is 0 Å². The van der Waals surface area contributed by atoms with Gasteiger partial charge in [-0.25, -0.2) is 4.98 Å². The third kappa shape index (κ3) is 3.81. The maximum Gasteiger partial charge on any atom is 0.128 e. The Hall–Kier alpha value is -1.09. The molecule has 0 saturated carbocycles. The van der Waals surface area contributed by atoms with Gasteiger partial charge in [-0.15, -0.1) is 0 Å². The van der Waals surface area contributed by atoms with Crippen molar-refractivity contribution in [2.75, 3.05) is 25.5 Å². The monoisotopic (exact) mass is 221 g/mol. The maximum absolute atomic E-state index is 4.31. The number of anilines is 1. The van der Waals surface area contributed by atoms with E-state index in [1.165, 1.54) is 12.0 Å². The minimum Gasteiger partial charge on any atom is -0.369 e. The van der Waals surface area contributed by atoms with Crippen LogP contribution in [0.15, 0.2) is 18.3 Å². The molecule has 1 N–H and O–H groups in total. The van der Waals surface area contributed by atoms with E-state index in [0.29, 0.717) is 6.04 Å². The molecule has 1 aromatic heterocycles. The Morgan fingerprint density at radius 2 is 2.25 bits per heavy atom. The highest BCUT2D eigenvalue weighted by Gasteiger charge is 2.05. The molecule has 3 nitrogen and oxygen atoms in total. The molecular formula is C13H23N3. The molecule has 0 aliphatic carbocycles. The van der Waals surface area contributed by atoms with Crippen LogP contribution in [-0.2, 0) is 0 Å². The van der Waals surface area contributed by atoms with E-state index in [1.807, 2.05) is 12.3 Å². The molecule has 0 aliphatic heterocycles. The average molecular weight is 221 g/mol. The zero-order chi connectivity index (χ0) is 12.0. The first-order valence-electron chi connectivity index (χ1n) is 6.01. The molecule has 1 rings (SSSR count). The van der Waals surface area contributed by atoms with Crippen molar-refractivity contribution in [3.8, 4) is 0 Å². The second kappa shape index (κ2) is 6.48. The topological polar surface area (TPSA) is 28.2 Å². The minimum absolute atomic E-state index is 0.645. The first kappa shape index (κ1) is 13.0. The molecule has 16 heavy (non-hydrogen) atoms. The molecule has 0 bridgehead atoms. The van der Waals surface area contributed by atoms with E-state index in [9.17, 15) is 0 Å². The second-order valence-electron chi connectivity index (χ2n) is 4.33. The van der Waals surface area contributed by atoms with Gasteiger partial charge < -0.3 is 10.2 Å². The molecule has 0 aliphatic rings. The number of hydrogen-bond donors (Lipinski definition) is 1. The number of nitrogens with one attached hydrogen (secondary N) is 1. The van der Waals surface area contributed by atoms with E-state index in [4.69, 9.17) is 0 Å². The van der Waals surface area contributed by atoms with Crippen molar-refractivity contribution >= 4 is 5.82 Å². The zero-order valence-corrected chi connectivity index (χ0v) is 10.8. The van der Waals surface area contributed by atoms with E-state index in [2.05, 4.69) is 49.1 Å². The number of aryl methyl sites for hydroxylation is 1. The van der Waals surface area contributed by atoms with Crippen LogP contribution >= 0.6 is 0 Å². The molecule has 3 heteroatoms.